The summed E-state index contributed by atoms with van der Waals surface area (Å²) in [7, 11) is 1.70. The largest absolute Gasteiger partial charge is 0.497 e. The van der Waals surface area contributed by atoms with E-state index in [4.69, 9.17) is 4.74 Å². The highest BCUT2D eigenvalue weighted by atomic mass is 16.5. The normalized spacial score (nSPS) is 14.9. The summed E-state index contributed by atoms with van der Waals surface area (Å²) < 4.78 is 7.07. The zero-order chi connectivity index (χ0) is 18.5. The topological polar surface area (TPSA) is 55.2 Å². The van der Waals surface area contributed by atoms with E-state index in [-0.39, 0.29) is 0 Å². The van der Waals surface area contributed by atoms with Crippen LogP contribution in [0.1, 0.15) is 18.4 Å². The number of hydrogen-bond acceptors (Lipinski definition) is 5. The van der Waals surface area contributed by atoms with Crippen LogP contribution in [0.4, 0.5) is 11.4 Å². The first-order valence-electron chi connectivity index (χ1n) is 9.37. The molecule has 3 aromatic rings. The van der Waals surface area contributed by atoms with Crippen molar-refractivity contribution in [2.24, 2.45) is 0 Å². The number of hydrogen-bond donors (Lipinski definition) is 1. The van der Waals surface area contributed by atoms with Crippen molar-refractivity contribution >= 4 is 11.4 Å². The molecule has 27 heavy (non-hydrogen) atoms. The molecule has 0 spiro atoms. The average Bonchev–Trinajstić information content (AvgIpc) is 3.23. The van der Waals surface area contributed by atoms with Gasteiger partial charge >= 0.3 is 0 Å². The van der Waals surface area contributed by atoms with Crippen LogP contribution < -0.4 is 15.0 Å². The highest BCUT2D eigenvalue weighted by Gasteiger charge is 2.19. The van der Waals surface area contributed by atoms with Gasteiger partial charge < -0.3 is 15.0 Å². The van der Waals surface area contributed by atoms with Gasteiger partial charge in [-0.25, -0.2) is 9.67 Å². The number of nitrogens with zero attached hydrogens (tertiary/aromatic N) is 4. The van der Waals surface area contributed by atoms with Crippen LogP contribution in [0.3, 0.4) is 0 Å². The number of piperidine rings is 1. The molecule has 6 heteroatoms. The Morgan fingerprint density at radius 2 is 1.78 bits per heavy atom. The van der Waals surface area contributed by atoms with Gasteiger partial charge in [0.15, 0.2) is 0 Å². The number of anilines is 2. The van der Waals surface area contributed by atoms with Crippen LogP contribution in [-0.2, 0) is 6.54 Å². The first kappa shape index (κ1) is 17.4. The molecule has 0 amide bonds. The van der Waals surface area contributed by atoms with Crippen molar-refractivity contribution in [2.45, 2.75) is 25.4 Å². The lowest BCUT2D eigenvalue weighted by molar-refractivity contribution is 0.414. The number of methoxy groups -OCH3 is 1. The van der Waals surface area contributed by atoms with Crippen molar-refractivity contribution < 1.29 is 4.74 Å². The standard InChI is InChI=1S/C21H25N5O/c1-27-21-8-6-20(7-9-21)25-12-10-19(11-13-25)24-18-4-2-17(3-5-18)14-26-16-22-15-23-26/h2-9,15-16,19,24H,10-14H2,1H3. The molecule has 1 N–H and O–H groups in total. The van der Waals surface area contributed by atoms with Gasteiger partial charge in [0.25, 0.3) is 0 Å². The zero-order valence-electron chi connectivity index (χ0n) is 15.6. The van der Waals surface area contributed by atoms with Crippen LogP contribution >= 0.6 is 0 Å². The van der Waals surface area contributed by atoms with Crippen molar-refractivity contribution in [3.8, 4) is 5.75 Å². The van der Waals surface area contributed by atoms with Gasteiger partial charge in [-0.3, -0.25) is 0 Å². The van der Waals surface area contributed by atoms with E-state index in [1.807, 2.05) is 16.8 Å². The first-order valence-corrected chi connectivity index (χ1v) is 9.37. The summed E-state index contributed by atoms with van der Waals surface area (Å²) in [5, 5.41) is 7.82. The van der Waals surface area contributed by atoms with Crippen LogP contribution in [-0.4, -0.2) is 41.0 Å². The fraction of sp³-hybridized carbons (Fsp3) is 0.333. The molecule has 0 bridgehead atoms. The van der Waals surface area contributed by atoms with Crippen LogP contribution in [0.5, 0.6) is 5.75 Å². The Hall–Kier alpha value is -3.02. The third kappa shape index (κ3) is 4.39. The summed E-state index contributed by atoms with van der Waals surface area (Å²) in [5.74, 6) is 0.905. The molecule has 1 fully saturated rings. The predicted molar refractivity (Wildman–Crippen MR) is 107 cm³/mol. The lowest BCUT2D eigenvalue weighted by atomic mass is 10.0. The summed E-state index contributed by atoms with van der Waals surface area (Å²) in [5.41, 5.74) is 3.67. The van der Waals surface area contributed by atoms with Crippen LogP contribution in [0, 0.1) is 0 Å². The molecule has 0 aliphatic carbocycles. The van der Waals surface area contributed by atoms with Gasteiger partial charge in [-0.05, 0) is 54.8 Å². The maximum absolute atomic E-state index is 5.24. The Kier molecular flexibility index (Phi) is 5.23. The van der Waals surface area contributed by atoms with Gasteiger partial charge in [0, 0.05) is 30.5 Å². The molecule has 6 nitrogen and oxygen atoms in total. The number of benzene rings is 2. The van der Waals surface area contributed by atoms with E-state index in [2.05, 4.69) is 56.7 Å². The smallest absolute Gasteiger partial charge is 0.137 e. The predicted octanol–water partition coefficient (Wildman–Crippen LogP) is 3.42. The second-order valence-electron chi connectivity index (χ2n) is 6.89. The molecular weight excluding hydrogens is 338 g/mol. The van der Waals surface area contributed by atoms with Gasteiger partial charge in [-0.1, -0.05) is 12.1 Å². The molecule has 0 atom stereocenters. The van der Waals surface area contributed by atoms with Gasteiger partial charge in [0.1, 0.15) is 18.4 Å². The van der Waals surface area contributed by atoms with E-state index in [9.17, 15) is 0 Å². The monoisotopic (exact) mass is 363 g/mol. The van der Waals surface area contributed by atoms with E-state index in [1.54, 1.807) is 19.8 Å². The third-order valence-corrected chi connectivity index (χ3v) is 5.07. The minimum Gasteiger partial charge on any atom is -0.497 e. The SMILES string of the molecule is COc1ccc(N2CCC(Nc3ccc(Cn4cncn4)cc3)CC2)cc1. The second kappa shape index (κ2) is 8.12. The van der Waals surface area contributed by atoms with Crippen LogP contribution in [0.25, 0.3) is 0 Å². The van der Waals surface area contributed by atoms with Crippen molar-refractivity contribution in [1.82, 2.24) is 14.8 Å². The molecule has 1 aliphatic rings. The molecule has 2 heterocycles. The van der Waals surface area contributed by atoms with Crippen molar-refractivity contribution in [3.63, 3.8) is 0 Å². The number of rotatable bonds is 6. The Labute approximate surface area is 159 Å². The third-order valence-electron chi connectivity index (χ3n) is 5.07. The van der Waals surface area contributed by atoms with E-state index >= 15 is 0 Å². The lowest BCUT2D eigenvalue weighted by Gasteiger charge is -2.34. The fourth-order valence-electron chi connectivity index (χ4n) is 3.52. The molecule has 0 radical (unpaired) electrons. The van der Waals surface area contributed by atoms with E-state index in [0.717, 1.165) is 38.2 Å². The van der Waals surface area contributed by atoms with Crippen LogP contribution in [0.15, 0.2) is 61.2 Å². The highest BCUT2D eigenvalue weighted by molar-refractivity contribution is 5.50. The molecule has 0 saturated carbocycles. The van der Waals surface area contributed by atoms with Crippen molar-refractivity contribution in [1.29, 1.82) is 0 Å². The number of nitrogens with one attached hydrogen (secondary N) is 1. The van der Waals surface area contributed by atoms with E-state index in [0.29, 0.717) is 6.04 Å². The van der Waals surface area contributed by atoms with Gasteiger partial charge in [-0.2, -0.15) is 5.10 Å². The summed E-state index contributed by atoms with van der Waals surface area (Å²) >= 11 is 0. The maximum atomic E-state index is 5.24. The Bertz CT molecular complexity index is 822. The lowest BCUT2D eigenvalue weighted by Crippen LogP contribution is -2.39. The molecule has 140 valence electrons. The number of ether oxygens (including phenoxy) is 1. The van der Waals surface area contributed by atoms with Gasteiger partial charge in [0.2, 0.25) is 0 Å². The molecule has 1 saturated heterocycles. The Morgan fingerprint density at radius 3 is 2.41 bits per heavy atom. The van der Waals surface area contributed by atoms with E-state index in [1.165, 1.54) is 16.9 Å². The molecular formula is C21H25N5O. The van der Waals surface area contributed by atoms with Crippen molar-refractivity contribution in [2.75, 3.05) is 30.4 Å². The molecule has 2 aromatic carbocycles. The fourth-order valence-corrected chi connectivity index (χ4v) is 3.52. The maximum Gasteiger partial charge on any atom is 0.137 e. The van der Waals surface area contributed by atoms with Gasteiger partial charge in [0.05, 0.1) is 13.7 Å². The van der Waals surface area contributed by atoms with Gasteiger partial charge in [-0.15, -0.1) is 0 Å². The van der Waals surface area contributed by atoms with Crippen LogP contribution in [0.2, 0.25) is 0 Å². The first-order chi connectivity index (χ1) is 13.3. The molecule has 1 aromatic heterocycles. The van der Waals surface area contributed by atoms with Crippen molar-refractivity contribution in [3.05, 3.63) is 66.7 Å². The summed E-state index contributed by atoms with van der Waals surface area (Å²) in [6, 6.07) is 17.5. The molecule has 0 unspecified atom stereocenters. The molecule has 4 rings (SSSR count). The minimum absolute atomic E-state index is 0.515. The zero-order valence-corrected chi connectivity index (χ0v) is 15.6. The van der Waals surface area contributed by atoms with E-state index < -0.39 is 0 Å². The second-order valence-corrected chi connectivity index (χ2v) is 6.89. The number of aromatic nitrogens is 3. The highest BCUT2D eigenvalue weighted by Crippen LogP contribution is 2.24. The Balaban J connectivity index is 1.28. The minimum atomic E-state index is 0.515. The Morgan fingerprint density at radius 1 is 1.04 bits per heavy atom. The summed E-state index contributed by atoms with van der Waals surface area (Å²) in [6.07, 6.45) is 5.57. The quantitative estimate of drug-likeness (QED) is 0.727. The summed E-state index contributed by atoms with van der Waals surface area (Å²) in [6.45, 7) is 2.88. The molecule has 1 aliphatic heterocycles. The summed E-state index contributed by atoms with van der Waals surface area (Å²) in [4.78, 5) is 6.42. The average molecular weight is 363 g/mol.